The van der Waals surface area contributed by atoms with Crippen LogP contribution in [0.25, 0.3) is 0 Å². The minimum atomic E-state index is -0.142. The number of rotatable bonds is 5. The molecule has 2 aromatic rings. The fourth-order valence-electron chi connectivity index (χ4n) is 6.33. The summed E-state index contributed by atoms with van der Waals surface area (Å²) >= 11 is 0. The lowest BCUT2D eigenvalue weighted by Crippen LogP contribution is -2.50. The van der Waals surface area contributed by atoms with Crippen molar-refractivity contribution >= 4 is 17.5 Å². The maximum absolute atomic E-state index is 14.0. The zero-order valence-corrected chi connectivity index (χ0v) is 19.5. The quantitative estimate of drug-likeness (QED) is 0.668. The number of likely N-dealkylation sites (tertiary alicyclic amines) is 1. The van der Waals surface area contributed by atoms with Crippen LogP contribution in [0.2, 0.25) is 0 Å². The van der Waals surface area contributed by atoms with Crippen LogP contribution in [0, 0.1) is 11.8 Å². The van der Waals surface area contributed by atoms with Gasteiger partial charge >= 0.3 is 0 Å². The predicted octanol–water partition coefficient (Wildman–Crippen LogP) is 5.16. The van der Waals surface area contributed by atoms with E-state index in [0.29, 0.717) is 17.5 Å². The van der Waals surface area contributed by atoms with E-state index in [1.165, 1.54) is 11.3 Å². The minimum absolute atomic E-state index is 0.0742. The largest absolute Gasteiger partial charge is 0.382 e. The molecule has 2 heterocycles. The second-order valence-corrected chi connectivity index (χ2v) is 9.89. The van der Waals surface area contributed by atoms with Gasteiger partial charge in [0.15, 0.2) is 0 Å². The van der Waals surface area contributed by atoms with Crippen LogP contribution in [0.5, 0.6) is 0 Å². The molecule has 2 N–H and O–H groups in total. The Hall–Kier alpha value is -2.82. The van der Waals surface area contributed by atoms with Gasteiger partial charge in [-0.25, -0.2) is 0 Å². The van der Waals surface area contributed by atoms with Gasteiger partial charge in [-0.3, -0.25) is 9.59 Å². The Kier molecular flexibility index (Phi) is 6.39. The Morgan fingerprint density at radius 1 is 1.00 bits per heavy atom. The van der Waals surface area contributed by atoms with Gasteiger partial charge in [0, 0.05) is 35.8 Å². The number of benzene rings is 2. The molecule has 2 amide bonds. The Balaban J connectivity index is 1.38. The van der Waals surface area contributed by atoms with Gasteiger partial charge in [-0.2, -0.15) is 0 Å². The molecule has 1 aliphatic carbocycles. The van der Waals surface area contributed by atoms with E-state index in [-0.39, 0.29) is 29.8 Å². The first kappa shape index (κ1) is 22.0. The molecule has 5 nitrogen and oxygen atoms in total. The first-order chi connectivity index (χ1) is 16.2. The molecule has 3 aliphatic rings. The number of hydrogen-bond acceptors (Lipinski definition) is 3. The fraction of sp³-hybridized carbons (Fsp3) is 0.500. The smallest absolute Gasteiger partial charge is 0.251 e. The molecule has 0 spiro atoms. The average molecular weight is 446 g/mol. The van der Waals surface area contributed by atoms with Gasteiger partial charge in [-0.1, -0.05) is 62.6 Å². The Morgan fingerprint density at radius 2 is 1.76 bits per heavy atom. The average Bonchev–Trinajstić information content (AvgIpc) is 3.31. The van der Waals surface area contributed by atoms with E-state index in [4.69, 9.17) is 0 Å². The number of fused-ring (bicyclic) bond motifs is 3. The summed E-state index contributed by atoms with van der Waals surface area (Å²) in [7, 11) is 0. The maximum atomic E-state index is 14.0. The molecule has 0 radical (unpaired) electrons. The van der Waals surface area contributed by atoms with Crippen molar-refractivity contribution in [1.82, 2.24) is 10.2 Å². The van der Waals surface area contributed by atoms with Crippen molar-refractivity contribution < 1.29 is 9.59 Å². The van der Waals surface area contributed by atoms with Crippen molar-refractivity contribution in [3.63, 3.8) is 0 Å². The van der Waals surface area contributed by atoms with Gasteiger partial charge in [0.25, 0.3) is 5.91 Å². The molecule has 174 valence electrons. The molecule has 2 aliphatic heterocycles. The van der Waals surface area contributed by atoms with Crippen LogP contribution in [0.1, 0.15) is 73.8 Å². The molecule has 2 aromatic carbocycles. The third-order valence-corrected chi connectivity index (χ3v) is 7.90. The van der Waals surface area contributed by atoms with Crippen LogP contribution < -0.4 is 10.6 Å². The summed E-state index contributed by atoms with van der Waals surface area (Å²) < 4.78 is 0. The number of para-hydroxylation sites is 1. The van der Waals surface area contributed by atoms with Gasteiger partial charge in [0.1, 0.15) is 0 Å². The number of nitrogens with zero attached hydrogens (tertiary/aromatic N) is 1. The Labute approximate surface area is 196 Å². The molecular weight excluding hydrogens is 410 g/mol. The number of nitrogens with one attached hydrogen (secondary N) is 2. The molecule has 33 heavy (non-hydrogen) atoms. The molecule has 0 aromatic heterocycles. The summed E-state index contributed by atoms with van der Waals surface area (Å²) in [5, 5.41) is 6.98. The first-order valence-corrected chi connectivity index (χ1v) is 12.7. The fourth-order valence-corrected chi connectivity index (χ4v) is 6.33. The van der Waals surface area contributed by atoms with Gasteiger partial charge in [-0.05, 0) is 49.4 Å². The number of anilines is 1. The summed E-state index contributed by atoms with van der Waals surface area (Å²) in [4.78, 5) is 29.0. The summed E-state index contributed by atoms with van der Waals surface area (Å²) in [5.41, 5.74) is 3.08. The zero-order chi connectivity index (χ0) is 22.8. The summed E-state index contributed by atoms with van der Waals surface area (Å²) in [6, 6.07) is 18.3. The molecule has 5 heteroatoms. The minimum Gasteiger partial charge on any atom is -0.382 e. The van der Waals surface area contributed by atoms with Crippen LogP contribution in [-0.2, 0) is 4.79 Å². The van der Waals surface area contributed by atoms with Gasteiger partial charge < -0.3 is 15.5 Å². The number of amides is 2. The van der Waals surface area contributed by atoms with E-state index < -0.39 is 0 Å². The highest BCUT2D eigenvalue weighted by molar-refractivity contribution is 5.94. The molecule has 5 atom stereocenters. The van der Waals surface area contributed by atoms with Crippen molar-refractivity contribution in [2.24, 2.45) is 11.8 Å². The maximum Gasteiger partial charge on any atom is 0.251 e. The Morgan fingerprint density at radius 3 is 2.58 bits per heavy atom. The first-order valence-electron chi connectivity index (χ1n) is 12.7. The Bertz CT molecular complexity index is 992. The summed E-state index contributed by atoms with van der Waals surface area (Å²) in [6.45, 7) is 3.04. The highest BCUT2D eigenvalue weighted by Crippen LogP contribution is 2.48. The predicted molar refractivity (Wildman–Crippen MR) is 131 cm³/mol. The van der Waals surface area contributed by atoms with Crippen LogP contribution in [0.3, 0.4) is 0 Å². The van der Waals surface area contributed by atoms with Crippen molar-refractivity contribution in [2.45, 2.75) is 70.0 Å². The molecule has 0 bridgehead atoms. The van der Waals surface area contributed by atoms with Gasteiger partial charge in [-0.15, -0.1) is 0 Å². The van der Waals surface area contributed by atoms with Gasteiger partial charge in [0.2, 0.25) is 5.91 Å². The molecular formula is C28H35N3O2. The summed E-state index contributed by atoms with van der Waals surface area (Å²) in [5.74, 6) is 0.462. The second kappa shape index (κ2) is 9.58. The van der Waals surface area contributed by atoms with E-state index in [2.05, 4.69) is 46.7 Å². The highest BCUT2D eigenvalue weighted by Gasteiger charge is 2.47. The lowest BCUT2D eigenvalue weighted by Gasteiger charge is -2.42. The molecule has 2 fully saturated rings. The lowest BCUT2D eigenvalue weighted by molar-refractivity contribution is -0.138. The van der Waals surface area contributed by atoms with E-state index in [9.17, 15) is 9.59 Å². The monoisotopic (exact) mass is 445 g/mol. The second-order valence-electron chi connectivity index (χ2n) is 9.89. The SMILES string of the molecule is CCC[C@@H]1Nc2ccccc2[C@@H]2[C@H]1CCN2C(=O)[C@H]1CCCC[C@H]1NC(=O)c1ccccc1. The van der Waals surface area contributed by atoms with Crippen molar-refractivity contribution in [2.75, 3.05) is 11.9 Å². The van der Waals surface area contributed by atoms with Crippen molar-refractivity contribution in [3.8, 4) is 0 Å². The van der Waals surface area contributed by atoms with E-state index in [1.807, 2.05) is 30.3 Å². The third-order valence-electron chi connectivity index (χ3n) is 7.90. The highest BCUT2D eigenvalue weighted by atomic mass is 16.2. The van der Waals surface area contributed by atoms with Crippen molar-refractivity contribution in [1.29, 1.82) is 0 Å². The normalized spacial score (nSPS) is 28.4. The van der Waals surface area contributed by atoms with E-state index >= 15 is 0 Å². The van der Waals surface area contributed by atoms with Crippen LogP contribution >= 0.6 is 0 Å². The number of hydrogen-bond donors (Lipinski definition) is 2. The van der Waals surface area contributed by atoms with Crippen LogP contribution in [-0.4, -0.2) is 35.3 Å². The van der Waals surface area contributed by atoms with E-state index in [0.717, 1.165) is 51.5 Å². The topological polar surface area (TPSA) is 61.4 Å². The van der Waals surface area contributed by atoms with Crippen LogP contribution in [0.4, 0.5) is 5.69 Å². The molecule has 0 unspecified atom stereocenters. The van der Waals surface area contributed by atoms with Crippen molar-refractivity contribution in [3.05, 3.63) is 65.7 Å². The number of carbonyl (C=O) groups excluding carboxylic acids is 2. The standard InChI is InChI=1S/C28H35N3O2/c1-2-10-23-21-17-18-31(26(21)20-13-6-8-15-24(20)29-23)28(33)22-14-7-9-16-25(22)30-27(32)19-11-4-3-5-12-19/h3-6,8,11-13,15,21-23,25-26,29H,2,7,9-10,14,16-18H2,1H3,(H,30,32)/t21-,22-,23-,25+,26+/m0/s1. The lowest BCUT2D eigenvalue weighted by atomic mass is 9.80. The molecule has 5 rings (SSSR count). The van der Waals surface area contributed by atoms with Crippen LogP contribution in [0.15, 0.2) is 54.6 Å². The molecule has 1 saturated heterocycles. The third kappa shape index (κ3) is 4.25. The number of carbonyl (C=O) groups is 2. The summed E-state index contributed by atoms with van der Waals surface area (Å²) in [6.07, 6.45) is 7.12. The van der Waals surface area contributed by atoms with Gasteiger partial charge in [0.05, 0.1) is 12.0 Å². The molecule has 1 saturated carbocycles. The van der Waals surface area contributed by atoms with E-state index in [1.54, 1.807) is 0 Å². The zero-order valence-electron chi connectivity index (χ0n) is 19.5.